The summed E-state index contributed by atoms with van der Waals surface area (Å²) >= 11 is 0. The van der Waals surface area contributed by atoms with Crippen LogP contribution in [0.1, 0.15) is 115 Å². The molecule has 0 radical (unpaired) electrons. The third-order valence-electron chi connectivity index (χ3n) is 9.96. The first-order chi connectivity index (χ1) is 18.7. The Morgan fingerprint density at radius 1 is 0.974 bits per heavy atom. The van der Waals surface area contributed by atoms with Crippen molar-refractivity contribution in [2.45, 2.75) is 108 Å². The topological polar surface area (TPSA) is 98.2 Å². The van der Waals surface area contributed by atoms with Crippen molar-refractivity contribution in [3.63, 3.8) is 0 Å². The van der Waals surface area contributed by atoms with Crippen LogP contribution in [-0.4, -0.2) is 32.7 Å². The Kier molecular flexibility index (Phi) is 5.76. The summed E-state index contributed by atoms with van der Waals surface area (Å²) in [6.07, 6.45) is 11.7. The molecule has 8 heteroatoms. The van der Waals surface area contributed by atoms with E-state index in [-0.39, 0.29) is 28.1 Å². The Morgan fingerprint density at radius 3 is 2.33 bits per heavy atom. The zero-order valence-electron chi connectivity index (χ0n) is 23.4. The molecular weight excluding hydrogens is 490 g/mol. The van der Waals surface area contributed by atoms with Crippen molar-refractivity contribution in [1.29, 1.82) is 0 Å². The zero-order valence-corrected chi connectivity index (χ0v) is 23.4. The van der Waals surface area contributed by atoms with Gasteiger partial charge in [-0.15, -0.1) is 0 Å². The molecule has 8 rings (SSSR count). The first kappa shape index (κ1) is 25.0. The van der Waals surface area contributed by atoms with E-state index in [9.17, 15) is 4.79 Å². The molecule has 5 aliphatic rings. The lowest BCUT2D eigenvalue weighted by atomic mass is 9.53. The monoisotopic (exact) mass is 529 g/mol. The van der Waals surface area contributed by atoms with Crippen molar-refractivity contribution >= 4 is 11.6 Å². The number of carbonyl (C=O) groups excluding carboxylic acids is 1. The highest BCUT2D eigenvalue weighted by atomic mass is 16.5. The van der Waals surface area contributed by atoms with Gasteiger partial charge in [0.2, 0.25) is 11.8 Å². The molecule has 0 unspecified atom stereocenters. The summed E-state index contributed by atoms with van der Waals surface area (Å²) in [7, 11) is 0. The molecule has 0 saturated heterocycles. The molecule has 5 saturated carbocycles. The van der Waals surface area contributed by atoms with E-state index in [4.69, 9.17) is 14.0 Å². The van der Waals surface area contributed by atoms with E-state index < -0.39 is 0 Å². The van der Waals surface area contributed by atoms with E-state index in [1.165, 1.54) is 0 Å². The van der Waals surface area contributed by atoms with Crippen LogP contribution in [0.3, 0.4) is 0 Å². The van der Waals surface area contributed by atoms with Gasteiger partial charge in [0.25, 0.3) is 5.89 Å². The summed E-state index contributed by atoms with van der Waals surface area (Å²) in [5.41, 5.74) is 1.81. The number of carbonyl (C=O) groups is 1. The molecule has 1 aromatic carbocycles. The third kappa shape index (κ3) is 4.49. The van der Waals surface area contributed by atoms with Gasteiger partial charge in [-0.1, -0.05) is 43.6 Å². The highest BCUT2D eigenvalue weighted by Crippen LogP contribution is 2.58. The summed E-state index contributed by atoms with van der Waals surface area (Å²) in [6.45, 7) is 7.13. The summed E-state index contributed by atoms with van der Waals surface area (Å²) in [6, 6.07) is 8.15. The molecule has 5 aliphatic carbocycles. The molecule has 8 nitrogen and oxygen atoms in total. The fraction of sp³-hybridized carbons (Fsp3) is 0.645. The number of rotatable bonds is 7. The number of hydrogen-bond donors (Lipinski definition) is 0. The summed E-state index contributed by atoms with van der Waals surface area (Å²) in [5.74, 6) is 3.81. The standard InChI is InChI=1S/C31H39N5O3/c1-29(2,3)27-33-28(39-35-27)31-15-12-30(13-16-31,14-17-31)19-36(26(37)21-6-4-7-21)23-9-5-8-22(18-23)25-32-24(34-38-25)20-10-11-20/h5,8-9,18,20-21H,4,6-7,10-17,19H2,1-3H3. The van der Waals surface area contributed by atoms with Crippen molar-refractivity contribution in [2.75, 3.05) is 11.4 Å². The second-order valence-electron chi connectivity index (χ2n) is 13.8. The van der Waals surface area contributed by atoms with E-state index in [2.05, 4.69) is 53.1 Å². The maximum atomic E-state index is 13.8. The number of benzene rings is 1. The highest BCUT2D eigenvalue weighted by Gasteiger charge is 2.53. The van der Waals surface area contributed by atoms with Gasteiger partial charge in [0.05, 0.1) is 0 Å². The van der Waals surface area contributed by atoms with Crippen molar-refractivity contribution < 1.29 is 13.8 Å². The molecule has 206 valence electrons. The van der Waals surface area contributed by atoms with Crippen molar-refractivity contribution in [1.82, 2.24) is 20.3 Å². The minimum atomic E-state index is -0.122. The van der Waals surface area contributed by atoms with Gasteiger partial charge in [0, 0.05) is 40.5 Å². The first-order valence-electron chi connectivity index (χ1n) is 14.8. The Labute approximate surface area is 229 Å². The van der Waals surface area contributed by atoms with Crippen LogP contribution in [0.5, 0.6) is 0 Å². The van der Waals surface area contributed by atoms with Gasteiger partial charge in [-0.25, -0.2) is 0 Å². The van der Waals surface area contributed by atoms with E-state index in [0.717, 1.165) is 106 Å². The molecule has 39 heavy (non-hydrogen) atoms. The molecule has 1 amide bonds. The molecule has 2 heterocycles. The van der Waals surface area contributed by atoms with Gasteiger partial charge in [-0.2, -0.15) is 9.97 Å². The number of nitrogens with zero attached hydrogens (tertiary/aromatic N) is 5. The molecular formula is C31H39N5O3. The maximum Gasteiger partial charge on any atom is 0.258 e. The number of anilines is 1. The average molecular weight is 530 g/mol. The van der Waals surface area contributed by atoms with Gasteiger partial charge < -0.3 is 13.9 Å². The molecule has 2 aromatic heterocycles. The van der Waals surface area contributed by atoms with Gasteiger partial charge in [-0.3, -0.25) is 4.79 Å². The number of aromatic nitrogens is 4. The van der Waals surface area contributed by atoms with Crippen LogP contribution in [0.4, 0.5) is 5.69 Å². The Morgan fingerprint density at radius 2 is 1.72 bits per heavy atom. The van der Waals surface area contributed by atoms with Gasteiger partial charge in [0.1, 0.15) is 0 Å². The van der Waals surface area contributed by atoms with Crippen LogP contribution < -0.4 is 4.90 Å². The SMILES string of the molecule is CC(C)(C)c1noc(C23CCC(CN(C(=O)C4CCC4)c4cccc(-c5nc(C6CC6)no5)c4)(CC2)CC3)n1. The maximum absolute atomic E-state index is 13.8. The molecule has 0 aliphatic heterocycles. The normalized spacial score (nSPS) is 26.9. The average Bonchev–Trinajstić information content (AvgIpc) is 3.40. The molecule has 0 atom stereocenters. The predicted octanol–water partition coefficient (Wildman–Crippen LogP) is 6.72. The number of amides is 1. The third-order valence-corrected chi connectivity index (χ3v) is 9.96. The largest absolute Gasteiger partial charge is 0.339 e. The van der Waals surface area contributed by atoms with Crippen molar-refractivity contribution in [3.05, 3.63) is 41.8 Å². The fourth-order valence-electron chi connectivity index (χ4n) is 6.74. The minimum Gasteiger partial charge on any atom is -0.339 e. The smallest absolute Gasteiger partial charge is 0.258 e. The zero-order chi connectivity index (χ0) is 26.8. The van der Waals surface area contributed by atoms with Crippen LogP contribution >= 0.6 is 0 Å². The quantitative estimate of drug-likeness (QED) is 0.335. The minimum absolute atomic E-state index is 0.0157. The van der Waals surface area contributed by atoms with Gasteiger partial charge in [0.15, 0.2) is 11.6 Å². The van der Waals surface area contributed by atoms with Crippen LogP contribution in [-0.2, 0) is 15.6 Å². The van der Waals surface area contributed by atoms with E-state index in [1.54, 1.807) is 0 Å². The van der Waals surface area contributed by atoms with E-state index in [1.807, 2.05) is 12.1 Å². The van der Waals surface area contributed by atoms with Crippen molar-refractivity contribution in [2.24, 2.45) is 11.3 Å². The number of fused-ring (bicyclic) bond motifs is 3. The lowest BCUT2D eigenvalue weighted by molar-refractivity contribution is -0.125. The van der Waals surface area contributed by atoms with Crippen molar-refractivity contribution in [3.8, 4) is 11.5 Å². The fourth-order valence-corrected chi connectivity index (χ4v) is 6.74. The number of hydrogen-bond acceptors (Lipinski definition) is 7. The molecule has 3 aromatic rings. The van der Waals surface area contributed by atoms with Crippen LogP contribution in [0.2, 0.25) is 0 Å². The summed E-state index contributed by atoms with van der Waals surface area (Å²) in [4.78, 5) is 25.5. The Hall–Kier alpha value is -3.03. The first-order valence-corrected chi connectivity index (χ1v) is 14.8. The Balaban J connectivity index is 1.13. The second-order valence-corrected chi connectivity index (χ2v) is 13.8. The summed E-state index contributed by atoms with van der Waals surface area (Å²) in [5, 5.41) is 8.53. The van der Waals surface area contributed by atoms with Crippen LogP contribution in [0.15, 0.2) is 33.3 Å². The molecule has 5 fully saturated rings. The lowest BCUT2D eigenvalue weighted by Crippen LogP contribution is -2.52. The highest BCUT2D eigenvalue weighted by molar-refractivity contribution is 5.96. The van der Waals surface area contributed by atoms with Gasteiger partial charge in [-0.05, 0) is 87.8 Å². The molecule has 0 N–H and O–H groups in total. The second kappa shape index (κ2) is 9.00. The molecule has 0 spiro atoms. The van der Waals surface area contributed by atoms with Crippen LogP contribution in [0, 0.1) is 11.3 Å². The predicted molar refractivity (Wildman–Crippen MR) is 146 cm³/mol. The Bertz CT molecular complexity index is 1350. The summed E-state index contributed by atoms with van der Waals surface area (Å²) < 4.78 is 11.5. The van der Waals surface area contributed by atoms with E-state index >= 15 is 0 Å². The van der Waals surface area contributed by atoms with Gasteiger partial charge >= 0.3 is 0 Å². The molecule has 2 bridgehead atoms. The van der Waals surface area contributed by atoms with E-state index in [0.29, 0.717) is 11.8 Å². The lowest BCUT2D eigenvalue weighted by Gasteiger charge is -2.53. The van der Waals surface area contributed by atoms with Crippen LogP contribution in [0.25, 0.3) is 11.5 Å².